The first kappa shape index (κ1) is 13.9. The van der Waals surface area contributed by atoms with Gasteiger partial charge in [-0.05, 0) is 18.9 Å². The Hall–Kier alpha value is -2.01. The molecular weight excluding hydrogens is 266 g/mol. The summed E-state index contributed by atoms with van der Waals surface area (Å²) in [7, 11) is 3.34. The normalized spacial score (nSPS) is 14.2. The van der Waals surface area contributed by atoms with Crippen molar-refractivity contribution < 1.29 is 9.47 Å². The molecule has 0 atom stereocenters. The number of imidazole rings is 1. The van der Waals surface area contributed by atoms with Gasteiger partial charge in [0, 0.05) is 37.0 Å². The van der Waals surface area contributed by atoms with Crippen LogP contribution >= 0.6 is 0 Å². The van der Waals surface area contributed by atoms with Gasteiger partial charge in [0.2, 0.25) is 0 Å². The molecule has 112 valence electrons. The van der Waals surface area contributed by atoms with Crippen molar-refractivity contribution in [1.29, 1.82) is 0 Å². The maximum Gasteiger partial charge on any atom is 0.127 e. The summed E-state index contributed by atoms with van der Waals surface area (Å²) in [6.45, 7) is 1.56. The number of ether oxygens (including phenoxy) is 2. The van der Waals surface area contributed by atoms with E-state index in [-0.39, 0.29) is 0 Å². The molecule has 0 amide bonds. The molecule has 0 bridgehead atoms. The second-order valence-electron chi connectivity index (χ2n) is 5.30. The fourth-order valence-corrected chi connectivity index (χ4v) is 2.47. The Morgan fingerprint density at radius 2 is 2.10 bits per heavy atom. The highest BCUT2D eigenvalue weighted by Gasteiger charge is 2.24. The summed E-state index contributed by atoms with van der Waals surface area (Å²) in [5.74, 6) is 1.65. The van der Waals surface area contributed by atoms with Gasteiger partial charge in [-0.3, -0.25) is 0 Å². The first-order valence-corrected chi connectivity index (χ1v) is 7.24. The summed E-state index contributed by atoms with van der Waals surface area (Å²) in [5.41, 5.74) is 2.36. The van der Waals surface area contributed by atoms with Crippen LogP contribution in [0.4, 0.5) is 0 Å². The molecule has 1 aromatic carbocycles. The molecule has 0 saturated heterocycles. The van der Waals surface area contributed by atoms with Gasteiger partial charge in [0.15, 0.2) is 0 Å². The van der Waals surface area contributed by atoms with E-state index in [1.807, 2.05) is 30.7 Å². The molecule has 3 rings (SSSR count). The summed E-state index contributed by atoms with van der Waals surface area (Å²) in [5, 5.41) is 3.46. The van der Waals surface area contributed by atoms with Crippen molar-refractivity contribution in [3.8, 4) is 11.5 Å². The summed E-state index contributed by atoms with van der Waals surface area (Å²) >= 11 is 0. The fraction of sp³-hybridized carbons (Fsp3) is 0.438. The van der Waals surface area contributed by atoms with E-state index >= 15 is 0 Å². The smallest absolute Gasteiger partial charge is 0.127 e. The lowest BCUT2D eigenvalue weighted by Crippen LogP contribution is -2.16. The van der Waals surface area contributed by atoms with Gasteiger partial charge in [0.05, 0.1) is 26.2 Å². The van der Waals surface area contributed by atoms with E-state index in [0.717, 1.165) is 30.2 Å². The zero-order chi connectivity index (χ0) is 14.7. The predicted molar refractivity (Wildman–Crippen MR) is 80.6 cm³/mol. The summed E-state index contributed by atoms with van der Waals surface area (Å²) < 4.78 is 12.9. The molecule has 1 N–H and O–H groups in total. The van der Waals surface area contributed by atoms with Crippen LogP contribution in [-0.2, 0) is 13.1 Å². The monoisotopic (exact) mass is 287 g/mol. The zero-order valence-electron chi connectivity index (χ0n) is 12.5. The molecule has 1 aliphatic carbocycles. The van der Waals surface area contributed by atoms with Gasteiger partial charge in [-0.15, -0.1) is 0 Å². The highest BCUT2D eigenvalue weighted by atomic mass is 16.5. The maximum atomic E-state index is 5.41. The zero-order valence-corrected chi connectivity index (χ0v) is 12.5. The third kappa shape index (κ3) is 3.19. The Morgan fingerprint density at radius 3 is 2.81 bits per heavy atom. The lowest BCUT2D eigenvalue weighted by molar-refractivity contribution is 0.389. The molecule has 0 spiro atoms. The van der Waals surface area contributed by atoms with Gasteiger partial charge >= 0.3 is 0 Å². The lowest BCUT2D eigenvalue weighted by Gasteiger charge is -2.12. The average Bonchev–Trinajstić information content (AvgIpc) is 3.26. The first-order valence-electron chi connectivity index (χ1n) is 7.24. The predicted octanol–water partition coefficient (Wildman–Crippen LogP) is 2.53. The highest BCUT2D eigenvalue weighted by molar-refractivity contribution is 5.40. The van der Waals surface area contributed by atoms with Crippen LogP contribution in [0, 0.1) is 0 Å². The first-order chi connectivity index (χ1) is 10.3. The number of nitrogens with zero attached hydrogens (tertiary/aromatic N) is 2. The van der Waals surface area contributed by atoms with E-state index in [0.29, 0.717) is 6.04 Å². The van der Waals surface area contributed by atoms with Gasteiger partial charge in [-0.1, -0.05) is 6.07 Å². The second kappa shape index (κ2) is 6.18. The molecular formula is C16H21N3O2. The fourth-order valence-electron chi connectivity index (χ4n) is 2.47. The molecule has 1 fully saturated rings. The molecule has 1 saturated carbocycles. The Balaban J connectivity index is 1.61. The Labute approximate surface area is 124 Å². The molecule has 1 aromatic heterocycles. The third-order valence-corrected chi connectivity index (χ3v) is 3.80. The van der Waals surface area contributed by atoms with E-state index < -0.39 is 0 Å². The highest BCUT2D eigenvalue weighted by Crippen LogP contribution is 2.35. The molecule has 1 aliphatic rings. The van der Waals surface area contributed by atoms with Crippen molar-refractivity contribution in [2.75, 3.05) is 14.2 Å². The van der Waals surface area contributed by atoms with Crippen molar-refractivity contribution in [3.05, 3.63) is 42.0 Å². The lowest BCUT2D eigenvalue weighted by atomic mass is 10.2. The molecule has 2 aromatic rings. The van der Waals surface area contributed by atoms with Crippen LogP contribution < -0.4 is 14.8 Å². The molecule has 21 heavy (non-hydrogen) atoms. The van der Waals surface area contributed by atoms with Gasteiger partial charge in [-0.25, -0.2) is 4.98 Å². The van der Waals surface area contributed by atoms with Gasteiger partial charge in [0.1, 0.15) is 11.5 Å². The van der Waals surface area contributed by atoms with E-state index in [1.54, 1.807) is 14.2 Å². The van der Waals surface area contributed by atoms with Crippen molar-refractivity contribution >= 4 is 0 Å². The number of hydrogen-bond acceptors (Lipinski definition) is 4. The van der Waals surface area contributed by atoms with E-state index in [2.05, 4.69) is 14.9 Å². The van der Waals surface area contributed by atoms with Gasteiger partial charge < -0.3 is 19.4 Å². The van der Waals surface area contributed by atoms with Crippen LogP contribution in [0.1, 0.15) is 30.1 Å². The van der Waals surface area contributed by atoms with E-state index in [1.165, 1.54) is 18.5 Å². The van der Waals surface area contributed by atoms with Gasteiger partial charge in [0.25, 0.3) is 0 Å². The Morgan fingerprint density at radius 1 is 1.24 bits per heavy atom. The van der Waals surface area contributed by atoms with Crippen LogP contribution in [0.3, 0.4) is 0 Å². The number of benzene rings is 1. The number of hydrogen-bond donors (Lipinski definition) is 1. The van der Waals surface area contributed by atoms with Crippen molar-refractivity contribution in [1.82, 2.24) is 14.9 Å². The van der Waals surface area contributed by atoms with E-state index in [9.17, 15) is 0 Å². The Bertz CT molecular complexity index is 605. The molecule has 0 aliphatic heterocycles. The number of methoxy groups -OCH3 is 2. The van der Waals surface area contributed by atoms with Crippen LogP contribution in [-0.4, -0.2) is 23.8 Å². The van der Waals surface area contributed by atoms with Crippen LogP contribution in [0.25, 0.3) is 0 Å². The average molecular weight is 287 g/mol. The quantitative estimate of drug-likeness (QED) is 0.850. The number of aromatic nitrogens is 2. The minimum atomic E-state index is 0.667. The summed E-state index contributed by atoms with van der Waals surface area (Å²) in [6.07, 6.45) is 6.42. The van der Waals surface area contributed by atoms with Crippen molar-refractivity contribution in [2.24, 2.45) is 0 Å². The molecule has 0 radical (unpaired) electrons. The largest absolute Gasteiger partial charge is 0.497 e. The van der Waals surface area contributed by atoms with Crippen molar-refractivity contribution in [2.45, 2.75) is 32.0 Å². The van der Waals surface area contributed by atoms with E-state index in [4.69, 9.17) is 9.47 Å². The molecule has 1 heterocycles. The number of rotatable bonds is 7. The minimum Gasteiger partial charge on any atom is -0.497 e. The maximum absolute atomic E-state index is 5.41. The molecule has 5 heteroatoms. The SMILES string of the molecule is COc1ccc(CNCc2cncn2C2CC2)c(OC)c1. The van der Waals surface area contributed by atoms with Crippen molar-refractivity contribution in [3.63, 3.8) is 0 Å². The standard InChI is InChI=1S/C16H21N3O2/c1-20-15-6-3-12(16(7-15)21-2)8-17-9-14-10-18-11-19(14)13-4-5-13/h3,6-7,10-11,13,17H,4-5,8-9H2,1-2H3. The third-order valence-electron chi connectivity index (χ3n) is 3.80. The molecule has 0 unspecified atom stereocenters. The van der Waals surface area contributed by atoms with Gasteiger partial charge in [-0.2, -0.15) is 0 Å². The molecule has 5 nitrogen and oxygen atoms in total. The number of nitrogens with one attached hydrogen (secondary N) is 1. The topological polar surface area (TPSA) is 48.3 Å². The summed E-state index contributed by atoms with van der Waals surface area (Å²) in [6, 6.07) is 6.56. The minimum absolute atomic E-state index is 0.667. The summed E-state index contributed by atoms with van der Waals surface area (Å²) in [4.78, 5) is 4.25. The van der Waals surface area contributed by atoms with Crippen LogP contribution in [0.2, 0.25) is 0 Å². The van der Waals surface area contributed by atoms with Crippen LogP contribution in [0.5, 0.6) is 11.5 Å². The Kier molecular flexibility index (Phi) is 4.10. The second-order valence-corrected chi connectivity index (χ2v) is 5.30. The van der Waals surface area contributed by atoms with Crippen LogP contribution in [0.15, 0.2) is 30.7 Å².